The molecule has 0 aliphatic carbocycles. The summed E-state index contributed by atoms with van der Waals surface area (Å²) in [5.41, 5.74) is 0.403. The van der Waals surface area contributed by atoms with Crippen LogP contribution in [0.3, 0.4) is 0 Å². The first-order valence-corrected chi connectivity index (χ1v) is 15.2. The van der Waals surface area contributed by atoms with E-state index in [-0.39, 0.29) is 26.9 Å². The van der Waals surface area contributed by atoms with Gasteiger partial charge in [-0.2, -0.15) is 0 Å². The fourth-order valence-electron chi connectivity index (χ4n) is 3.56. The second kappa shape index (κ2) is 11.9. The van der Waals surface area contributed by atoms with Gasteiger partial charge in [-0.25, -0.2) is 16.8 Å². The summed E-state index contributed by atoms with van der Waals surface area (Å²) in [6, 6.07) is 24.1. The Bertz CT molecular complexity index is 1730. The van der Waals surface area contributed by atoms with Crippen molar-refractivity contribution in [2.24, 2.45) is 0 Å². The average molecular weight is 646 g/mol. The van der Waals surface area contributed by atoms with Crippen LogP contribution in [0.2, 0.25) is 0 Å². The number of sulfonamides is 2. The molecule has 0 spiro atoms. The molecule has 0 aliphatic rings. The maximum Gasteiger partial charge on any atom is 0.269 e. The first-order chi connectivity index (χ1) is 19.0. The summed E-state index contributed by atoms with van der Waals surface area (Å²) < 4.78 is 56.3. The van der Waals surface area contributed by atoms with Crippen molar-refractivity contribution in [1.29, 1.82) is 0 Å². The Balaban J connectivity index is 1.53. The highest BCUT2D eigenvalue weighted by molar-refractivity contribution is 9.10. The Morgan fingerprint density at radius 1 is 0.775 bits per heavy atom. The van der Waals surface area contributed by atoms with Crippen molar-refractivity contribution in [3.05, 3.63) is 118 Å². The highest BCUT2D eigenvalue weighted by Gasteiger charge is 2.27. The number of amides is 1. The Labute approximate surface area is 238 Å². The molecule has 40 heavy (non-hydrogen) atoms. The predicted octanol–water partition coefficient (Wildman–Crippen LogP) is 4.99. The largest absolute Gasteiger partial charge is 0.325 e. The number of carbonyl (C=O) groups is 1. The molecular formula is C26H21BrN4O7S2. The SMILES string of the molecule is O=C(CN(c1ccc([N+](=O)[O-])cc1)S(=O)(=O)c1ccccc1)Nc1ccc(S(=O)(=O)Nc2ccc(Br)cc2)cc1. The molecule has 206 valence electrons. The fraction of sp³-hybridized carbons (Fsp3) is 0.0385. The lowest BCUT2D eigenvalue weighted by Crippen LogP contribution is -2.38. The summed E-state index contributed by atoms with van der Waals surface area (Å²) >= 11 is 3.28. The Morgan fingerprint density at radius 2 is 1.35 bits per heavy atom. The maximum absolute atomic E-state index is 13.4. The van der Waals surface area contributed by atoms with Crippen LogP contribution in [0.25, 0.3) is 0 Å². The van der Waals surface area contributed by atoms with Crippen LogP contribution < -0.4 is 14.3 Å². The molecule has 0 unspecified atom stereocenters. The van der Waals surface area contributed by atoms with Crippen LogP contribution >= 0.6 is 15.9 Å². The van der Waals surface area contributed by atoms with Crippen LogP contribution in [-0.4, -0.2) is 34.2 Å². The molecule has 11 nitrogen and oxygen atoms in total. The second-order valence-electron chi connectivity index (χ2n) is 8.28. The second-order valence-corrected chi connectivity index (χ2v) is 12.7. The van der Waals surface area contributed by atoms with Crippen LogP contribution in [0.5, 0.6) is 0 Å². The lowest BCUT2D eigenvalue weighted by Gasteiger charge is -2.24. The topological polar surface area (TPSA) is 156 Å². The third-order valence-corrected chi connectivity index (χ3v) is 9.23. The van der Waals surface area contributed by atoms with E-state index in [4.69, 9.17) is 0 Å². The number of hydrogen-bond donors (Lipinski definition) is 2. The normalized spacial score (nSPS) is 11.4. The first kappa shape index (κ1) is 28.7. The third-order valence-electron chi connectivity index (χ3n) is 5.51. The number of benzene rings is 4. The maximum atomic E-state index is 13.4. The molecule has 1 amide bonds. The van der Waals surface area contributed by atoms with E-state index in [1.54, 1.807) is 30.3 Å². The number of halogens is 1. The molecule has 0 heterocycles. The molecule has 4 rings (SSSR count). The molecule has 0 saturated heterocycles. The van der Waals surface area contributed by atoms with E-state index in [0.717, 1.165) is 20.9 Å². The molecule has 4 aromatic rings. The van der Waals surface area contributed by atoms with Crippen molar-refractivity contribution in [1.82, 2.24) is 0 Å². The molecule has 0 aliphatic heterocycles. The van der Waals surface area contributed by atoms with Gasteiger partial charge in [-0.3, -0.25) is 23.9 Å². The molecule has 0 saturated carbocycles. The van der Waals surface area contributed by atoms with E-state index in [0.29, 0.717) is 5.69 Å². The van der Waals surface area contributed by atoms with Gasteiger partial charge in [-0.15, -0.1) is 0 Å². The van der Waals surface area contributed by atoms with Crippen molar-refractivity contribution in [2.75, 3.05) is 20.9 Å². The van der Waals surface area contributed by atoms with E-state index in [1.807, 2.05) is 0 Å². The third kappa shape index (κ3) is 6.83. The number of hydrogen-bond acceptors (Lipinski definition) is 7. The van der Waals surface area contributed by atoms with Gasteiger partial charge < -0.3 is 5.32 Å². The summed E-state index contributed by atoms with van der Waals surface area (Å²) in [7, 11) is -8.12. The highest BCUT2D eigenvalue weighted by Crippen LogP contribution is 2.26. The summed E-state index contributed by atoms with van der Waals surface area (Å²) in [6.45, 7) is -0.653. The lowest BCUT2D eigenvalue weighted by molar-refractivity contribution is -0.384. The van der Waals surface area contributed by atoms with Crippen LogP contribution in [0, 0.1) is 10.1 Å². The Morgan fingerprint density at radius 3 is 1.93 bits per heavy atom. The van der Waals surface area contributed by atoms with Crippen LogP contribution in [0.1, 0.15) is 0 Å². The minimum Gasteiger partial charge on any atom is -0.325 e. The first-order valence-electron chi connectivity index (χ1n) is 11.5. The van der Waals surface area contributed by atoms with Gasteiger partial charge >= 0.3 is 0 Å². The monoisotopic (exact) mass is 644 g/mol. The van der Waals surface area contributed by atoms with E-state index >= 15 is 0 Å². The molecular weight excluding hydrogens is 624 g/mol. The molecule has 14 heteroatoms. The lowest BCUT2D eigenvalue weighted by atomic mass is 10.3. The number of anilines is 3. The zero-order valence-electron chi connectivity index (χ0n) is 20.5. The number of non-ortho nitro benzene ring substituents is 1. The van der Waals surface area contributed by atoms with Crippen molar-refractivity contribution < 1.29 is 26.6 Å². The summed E-state index contributed by atoms with van der Waals surface area (Å²) in [4.78, 5) is 23.2. The molecule has 0 bridgehead atoms. The number of nitrogens with one attached hydrogen (secondary N) is 2. The van der Waals surface area contributed by atoms with Gasteiger partial charge in [0.2, 0.25) is 5.91 Å². The van der Waals surface area contributed by atoms with Gasteiger partial charge in [-0.05, 0) is 72.8 Å². The highest BCUT2D eigenvalue weighted by atomic mass is 79.9. The molecule has 0 atom stereocenters. The number of carbonyl (C=O) groups excluding carboxylic acids is 1. The van der Waals surface area contributed by atoms with E-state index in [2.05, 4.69) is 26.0 Å². The molecule has 0 aromatic heterocycles. The molecule has 2 N–H and O–H groups in total. The summed E-state index contributed by atoms with van der Waals surface area (Å²) in [5, 5.41) is 13.6. The predicted molar refractivity (Wildman–Crippen MR) is 154 cm³/mol. The van der Waals surface area contributed by atoms with Gasteiger partial charge in [0, 0.05) is 28.0 Å². The van der Waals surface area contributed by atoms with Gasteiger partial charge in [0.25, 0.3) is 25.7 Å². The smallest absolute Gasteiger partial charge is 0.269 e. The standard InChI is InChI=1S/C26H21BrN4O7S2/c27-19-6-8-21(9-7-19)29-39(35,36)24-16-10-20(11-17-24)28-26(32)18-30(22-12-14-23(15-13-22)31(33)34)40(37,38)25-4-2-1-3-5-25/h1-17,29H,18H2,(H,28,32). The van der Waals surface area contributed by atoms with Crippen molar-refractivity contribution in [3.8, 4) is 0 Å². The summed E-state index contributed by atoms with van der Waals surface area (Å²) in [6.07, 6.45) is 0. The average Bonchev–Trinajstić information content (AvgIpc) is 2.93. The van der Waals surface area contributed by atoms with Gasteiger partial charge in [0.15, 0.2) is 0 Å². The molecule has 0 fully saturated rings. The number of rotatable bonds is 10. The molecule has 4 aromatic carbocycles. The van der Waals surface area contributed by atoms with Crippen LogP contribution in [-0.2, 0) is 24.8 Å². The van der Waals surface area contributed by atoms with Crippen LogP contribution in [0.4, 0.5) is 22.7 Å². The quantitative estimate of drug-likeness (QED) is 0.182. The zero-order valence-corrected chi connectivity index (χ0v) is 23.7. The number of nitro groups is 1. The number of nitro benzene ring substituents is 1. The van der Waals surface area contributed by atoms with Crippen molar-refractivity contribution in [2.45, 2.75) is 9.79 Å². The van der Waals surface area contributed by atoms with Gasteiger partial charge in [0.05, 0.1) is 20.4 Å². The Hall–Kier alpha value is -4.27. The van der Waals surface area contributed by atoms with Gasteiger partial charge in [-0.1, -0.05) is 34.1 Å². The van der Waals surface area contributed by atoms with Crippen molar-refractivity contribution in [3.63, 3.8) is 0 Å². The summed E-state index contributed by atoms with van der Waals surface area (Å²) in [5.74, 6) is -0.721. The number of nitrogens with zero attached hydrogens (tertiary/aromatic N) is 2. The fourth-order valence-corrected chi connectivity index (χ4v) is 6.32. The minimum absolute atomic E-state index is 0.0464. The van der Waals surface area contributed by atoms with Crippen molar-refractivity contribution >= 4 is 64.6 Å². The van der Waals surface area contributed by atoms with Crippen LogP contribution in [0.15, 0.2) is 117 Å². The van der Waals surface area contributed by atoms with E-state index in [1.165, 1.54) is 60.7 Å². The van der Waals surface area contributed by atoms with E-state index in [9.17, 15) is 31.7 Å². The molecule has 0 radical (unpaired) electrons. The van der Waals surface area contributed by atoms with E-state index < -0.39 is 37.4 Å². The Kier molecular flexibility index (Phi) is 8.52. The minimum atomic E-state index is -4.22. The van der Waals surface area contributed by atoms with Gasteiger partial charge in [0.1, 0.15) is 6.54 Å². The zero-order chi connectivity index (χ0) is 28.9.